The lowest BCUT2D eigenvalue weighted by atomic mass is 9.81. The number of aromatic nitrogens is 2. The standard InChI is InChI=1S/C23H25N5O6/c1-23(2)11-19(29)28(20(30)12-23)16-4-6-18(25-14-16)34-22(33)27-9-7-26(8-10-27)17-5-3-15(13-24-17)21(31)32/h3-6,13-14H,7-12H2,1-2H3,(H,31,32). The van der Waals surface area contributed by atoms with Crippen molar-refractivity contribution in [1.29, 1.82) is 0 Å². The third-order valence-electron chi connectivity index (χ3n) is 5.79. The lowest BCUT2D eigenvalue weighted by Gasteiger charge is -2.35. The summed E-state index contributed by atoms with van der Waals surface area (Å²) in [6, 6.07) is 6.13. The number of hydrogen-bond acceptors (Lipinski definition) is 8. The average molecular weight is 467 g/mol. The molecule has 2 aliphatic rings. The van der Waals surface area contributed by atoms with Gasteiger partial charge < -0.3 is 19.6 Å². The van der Waals surface area contributed by atoms with Gasteiger partial charge in [-0.1, -0.05) is 13.8 Å². The maximum absolute atomic E-state index is 12.5. The van der Waals surface area contributed by atoms with Gasteiger partial charge in [-0.05, 0) is 23.6 Å². The van der Waals surface area contributed by atoms with Crippen LogP contribution in [0.4, 0.5) is 16.3 Å². The zero-order valence-electron chi connectivity index (χ0n) is 18.9. The van der Waals surface area contributed by atoms with Gasteiger partial charge in [0.05, 0.1) is 17.4 Å². The van der Waals surface area contributed by atoms with Crippen LogP contribution in [0, 0.1) is 5.41 Å². The Bertz CT molecular complexity index is 1090. The molecule has 0 radical (unpaired) electrons. The van der Waals surface area contributed by atoms with Crippen molar-refractivity contribution in [3.63, 3.8) is 0 Å². The number of hydrogen-bond donors (Lipinski definition) is 1. The Hall–Kier alpha value is -4.02. The van der Waals surface area contributed by atoms with Gasteiger partial charge in [-0.3, -0.25) is 9.59 Å². The van der Waals surface area contributed by atoms with Crippen molar-refractivity contribution < 1.29 is 29.0 Å². The summed E-state index contributed by atoms with van der Waals surface area (Å²) in [5.74, 6) is -0.887. The van der Waals surface area contributed by atoms with Crippen molar-refractivity contribution in [3.05, 3.63) is 42.2 Å². The number of carbonyl (C=O) groups is 4. The van der Waals surface area contributed by atoms with Gasteiger partial charge in [0.2, 0.25) is 17.7 Å². The number of piperazine rings is 1. The van der Waals surface area contributed by atoms with Crippen molar-refractivity contribution >= 4 is 35.4 Å². The van der Waals surface area contributed by atoms with Crippen molar-refractivity contribution in [2.75, 3.05) is 36.0 Å². The molecule has 11 nitrogen and oxygen atoms in total. The summed E-state index contributed by atoms with van der Waals surface area (Å²) in [6.45, 7) is 5.57. The fourth-order valence-electron chi connectivity index (χ4n) is 4.00. The first-order valence-corrected chi connectivity index (χ1v) is 10.9. The number of anilines is 2. The Morgan fingerprint density at radius 3 is 2.15 bits per heavy atom. The molecule has 34 heavy (non-hydrogen) atoms. The minimum Gasteiger partial charge on any atom is -0.478 e. The molecule has 4 heterocycles. The molecule has 178 valence electrons. The summed E-state index contributed by atoms with van der Waals surface area (Å²) < 4.78 is 5.35. The number of imide groups is 1. The molecule has 0 atom stereocenters. The van der Waals surface area contributed by atoms with Gasteiger partial charge in [0.15, 0.2) is 0 Å². The van der Waals surface area contributed by atoms with Gasteiger partial charge in [-0.2, -0.15) is 0 Å². The molecule has 11 heteroatoms. The third kappa shape index (κ3) is 4.98. The molecule has 0 unspecified atom stereocenters. The minimum atomic E-state index is -1.04. The summed E-state index contributed by atoms with van der Waals surface area (Å²) in [7, 11) is 0. The predicted molar refractivity (Wildman–Crippen MR) is 121 cm³/mol. The molecule has 4 rings (SSSR count). The smallest absolute Gasteiger partial charge is 0.416 e. The maximum atomic E-state index is 12.5. The molecule has 1 N–H and O–H groups in total. The fraction of sp³-hybridized carbons (Fsp3) is 0.391. The normalized spacial score (nSPS) is 18.1. The molecule has 0 aliphatic carbocycles. The lowest BCUT2D eigenvalue weighted by Crippen LogP contribution is -2.50. The van der Waals surface area contributed by atoms with Gasteiger partial charge in [-0.25, -0.2) is 24.5 Å². The largest absolute Gasteiger partial charge is 0.478 e. The number of aromatic carboxylic acids is 1. The van der Waals surface area contributed by atoms with Gasteiger partial charge in [0, 0.05) is 51.3 Å². The molecule has 3 amide bonds. The Balaban J connectivity index is 1.32. The number of carbonyl (C=O) groups excluding carboxylic acids is 3. The van der Waals surface area contributed by atoms with Crippen LogP contribution in [0.15, 0.2) is 36.7 Å². The zero-order valence-corrected chi connectivity index (χ0v) is 18.9. The topological polar surface area (TPSA) is 133 Å². The minimum absolute atomic E-state index is 0.0688. The molecule has 2 aromatic rings. The molecule has 0 aromatic carbocycles. The third-order valence-corrected chi connectivity index (χ3v) is 5.79. The van der Waals surface area contributed by atoms with Crippen LogP contribution >= 0.6 is 0 Å². The highest BCUT2D eigenvalue weighted by molar-refractivity contribution is 6.16. The van der Waals surface area contributed by atoms with Gasteiger partial charge in [-0.15, -0.1) is 0 Å². The summed E-state index contributed by atoms with van der Waals surface area (Å²) in [5, 5.41) is 8.98. The van der Waals surface area contributed by atoms with Crippen LogP contribution in [0.3, 0.4) is 0 Å². The second kappa shape index (κ2) is 9.08. The quantitative estimate of drug-likeness (QED) is 0.672. The van der Waals surface area contributed by atoms with Crippen molar-refractivity contribution in [2.45, 2.75) is 26.7 Å². The molecule has 2 aromatic heterocycles. The van der Waals surface area contributed by atoms with Crippen molar-refractivity contribution in [1.82, 2.24) is 14.9 Å². The van der Waals surface area contributed by atoms with Crippen LogP contribution in [0.2, 0.25) is 0 Å². The molecular weight excluding hydrogens is 442 g/mol. The summed E-state index contributed by atoms with van der Waals surface area (Å²) >= 11 is 0. The van der Waals surface area contributed by atoms with Crippen LogP contribution in [0.1, 0.15) is 37.0 Å². The van der Waals surface area contributed by atoms with Crippen LogP contribution in [0.25, 0.3) is 0 Å². The van der Waals surface area contributed by atoms with Gasteiger partial charge >= 0.3 is 12.1 Å². The van der Waals surface area contributed by atoms with Gasteiger partial charge in [0.1, 0.15) is 5.82 Å². The highest BCUT2D eigenvalue weighted by Gasteiger charge is 2.38. The monoisotopic (exact) mass is 467 g/mol. The number of piperidine rings is 1. The van der Waals surface area contributed by atoms with Crippen LogP contribution in [-0.4, -0.2) is 70.0 Å². The van der Waals surface area contributed by atoms with E-state index in [4.69, 9.17) is 9.84 Å². The number of amides is 3. The molecule has 2 fully saturated rings. The van der Waals surface area contributed by atoms with E-state index < -0.39 is 12.1 Å². The second-order valence-corrected chi connectivity index (χ2v) is 9.05. The number of pyridine rings is 2. The van der Waals surface area contributed by atoms with Crippen molar-refractivity contribution in [3.8, 4) is 5.88 Å². The molecule has 0 spiro atoms. The summed E-state index contributed by atoms with van der Waals surface area (Å²) in [5.41, 5.74) is 0.0953. The van der Waals surface area contributed by atoms with Crippen LogP contribution in [0.5, 0.6) is 5.88 Å². The van der Waals surface area contributed by atoms with E-state index in [2.05, 4.69) is 9.97 Å². The number of nitrogens with zero attached hydrogens (tertiary/aromatic N) is 5. The van der Waals surface area contributed by atoms with E-state index >= 15 is 0 Å². The number of carboxylic acids is 1. The highest BCUT2D eigenvalue weighted by atomic mass is 16.6. The second-order valence-electron chi connectivity index (χ2n) is 9.05. The van der Waals surface area contributed by atoms with E-state index in [1.54, 1.807) is 6.07 Å². The number of ether oxygens (including phenoxy) is 1. The van der Waals surface area contributed by atoms with Crippen LogP contribution in [-0.2, 0) is 9.59 Å². The van der Waals surface area contributed by atoms with E-state index in [1.165, 1.54) is 35.5 Å². The average Bonchev–Trinajstić information content (AvgIpc) is 2.79. The Morgan fingerprint density at radius 2 is 1.62 bits per heavy atom. The van der Waals surface area contributed by atoms with Gasteiger partial charge in [0.25, 0.3) is 0 Å². The lowest BCUT2D eigenvalue weighted by molar-refractivity contribution is -0.132. The number of carboxylic acid groups (broad SMARTS) is 1. The van der Waals surface area contributed by atoms with E-state index in [0.29, 0.717) is 37.7 Å². The Morgan fingerprint density at radius 1 is 0.941 bits per heavy atom. The molecule has 2 aliphatic heterocycles. The molecule has 2 saturated heterocycles. The first-order valence-electron chi connectivity index (χ1n) is 10.9. The first kappa shape index (κ1) is 23.1. The molecule has 0 bridgehead atoms. The number of rotatable bonds is 4. The zero-order chi connectivity index (χ0) is 24.5. The Kier molecular flexibility index (Phi) is 6.18. The highest BCUT2D eigenvalue weighted by Crippen LogP contribution is 2.34. The maximum Gasteiger partial charge on any atom is 0.416 e. The Labute approximate surface area is 195 Å². The van der Waals surface area contributed by atoms with E-state index in [0.717, 1.165) is 4.90 Å². The molecule has 0 saturated carbocycles. The van der Waals surface area contributed by atoms with E-state index in [1.807, 2.05) is 18.7 Å². The van der Waals surface area contributed by atoms with Crippen LogP contribution < -0.4 is 14.5 Å². The van der Waals surface area contributed by atoms with E-state index in [9.17, 15) is 19.2 Å². The fourth-order valence-corrected chi connectivity index (χ4v) is 4.00. The summed E-state index contributed by atoms with van der Waals surface area (Å²) in [4.78, 5) is 61.2. The predicted octanol–water partition coefficient (Wildman–Crippen LogP) is 2.18. The SMILES string of the molecule is CC1(C)CC(=O)N(c2ccc(OC(=O)N3CCN(c4ccc(C(=O)O)cn4)CC3)nc2)C(=O)C1. The first-order chi connectivity index (χ1) is 16.1. The summed E-state index contributed by atoms with van der Waals surface area (Å²) in [6.07, 6.45) is 2.63. The van der Waals surface area contributed by atoms with E-state index in [-0.39, 0.29) is 41.5 Å². The van der Waals surface area contributed by atoms with Crippen molar-refractivity contribution in [2.24, 2.45) is 5.41 Å². The molecular formula is C23H25N5O6.